The number of nitrogens with one attached hydrogen (secondary N) is 2. The van der Waals surface area contributed by atoms with E-state index in [0.717, 1.165) is 23.4 Å². The van der Waals surface area contributed by atoms with E-state index in [1.165, 1.54) is 0 Å². The number of guanidine groups is 1. The number of benzene rings is 1. The topological polar surface area (TPSA) is 77.7 Å². The average Bonchev–Trinajstić information content (AvgIpc) is 3.05. The highest BCUT2D eigenvalue weighted by atomic mass is 127. The molecule has 0 aliphatic heterocycles. The number of halogens is 1. The summed E-state index contributed by atoms with van der Waals surface area (Å²) >= 11 is 0. The summed E-state index contributed by atoms with van der Waals surface area (Å²) in [5.41, 5.74) is 2.01. The Kier molecular flexibility index (Phi) is 9.04. The zero-order valence-electron chi connectivity index (χ0n) is 16.7. The SMILES string of the molecule is CCNC(=NCc1cccc(N(C)C)c1)NCC(C)(O)c1cnn(C)c1.I. The largest absolute Gasteiger partial charge is 0.383 e. The van der Waals surface area contributed by atoms with Crippen LogP contribution in [0.5, 0.6) is 0 Å². The number of hydrogen-bond acceptors (Lipinski definition) is 4. The molecule has 0 aliphatic rings. The number of anilines is 1. The van der Waals surface area contributed by atoms with Gasteiger partial charge in [0.2, 0.25) is 0 Å². The Labute approximate surface area is 178 Å². The standard InChI is InChI=1S/C19H30N6O.HI/c1-6-20-18(21-11-15-8-7-9-17(10-15)24(3)4)22-14-19(2,26)16-12-23-25(5)13-16;/h7-10,12-13,26H,6,11,14H2,1-5H3,(H2,20,21,22);1H. The Hall–Kier alpha value is -1.81. The van der Waals surface area contributed by atoms with Crippen LogP contribution in [0.15, 0.2) is 41.7 Å². The van der Waals surface area contributed by atoms with Crippen LogP contribution in [-0.4, -0.2) is 48.0 Å². The molecule has 150 valence electrons. The molecular formula is C19H31IN6O. The molecule has 7 nitrogen and oxygen atoms in total. The van der Waals surface area contributed by atoms with Crippen LogP contribution in [0, 0.1) is 0 Å². The quantitative estimate of drug-likeness (QED) is 0.318. The van der Waals surface area contributed by atoms with Crippen LogP contribution in [0.4, 0.5) is 5.69 Å². The number of nitrogens with zero attached hydrogens (tertiary/aromatic N) is 4. The Balaban J connectivity index is 0.00000364. The van der Waals surface area contributed by atoms with Crippen molar-refractivity contribution in [2.24, 2.45) is 12.0 Å². The fourth-order valence-electron chi connectivity index (χ4n) is 2.50. The summed E-state index contributed by atoms with van der Waals surface area (Å²) in [6, 6.07) is 8.29. The number of aromatic nitrogens is 2. The third-order valence-corrected chi connectivity index (χ3v) is 4.12. The molecular weight excluding hydrogens is 455 g/mol. The van der Waals surface area contributed by atoms with Crippen LogP contribution in [0.25, 0.3) is 0 Å². The summed E-state index contributed by atoms with van der Waals surface area (Å²) in [7, 11) is 5.88. The van der Waals surface area contributed by atoms with Crippen LogP contribution >= 0.6 is 24.0 Å². The predicted octanol–water partition coefficient (Wildman–Crippen LogP) is 2.07. The number of aliphatic hydroxyl groups is 1. The summed E-state index contributed by atoms with van der Waals surface area (Å²) in [6.07, 6.45) is 3.50. The number of aliphatic imine (C=N–C) groups is 1. The Morgan fingerprint density at radius 3 is 2.67 bits per heavy atom. The van der Waals surface area contributed by atoms with Crippen molar-refractivity contribution in [3.63, 3.8) is 0 Å². The second-order valence-electron chi connectivity index (χ2n) is 6.79. The molecule has 1 atom stereocenters. The Morgan fingerprint density at radius 1 is 1.33 bits per heavy atom. The first-order chi connectivity index (χ1) is 12.3. The summed E-state index contributed by atoms with van der Waals surface area (Å²) in [4.78, 5) is 6.70. The van der Waals surface area contributed by atoms with Crippen LogP contribution in [0.2, 0.25) is 0 Å². The molecule has 1 aromatic carbocycles. The highest BCUT2D eigenvalue weighted by molar-refractivity contribution is 14.0. The lowest BCUT2D eigenvalue weighted by Crippen LogP contribution is -2.44. The Bertz CT molecular complexity index is 741. The average molecular weight is 486 g/mol. The van der Waals surface area contributed by atoms with Crippen molar-refractivity contribution in [2.75, 3.05) is 32.1 Å². The zero-order chi connectivity index (χ0) is 19.2. The van der Waals surface area contributed by atoms with Gasteiger partial charge in [-0.05, 0) is 31.5 Å². The van der Waals surface area contributed by atoms with E-state index >= 15 is 0 Å². The number of aryl methyl sites for hydroxylation is 1. The summed E-state index contributed by atoms with van der Waals surface area (Å²) < 4.78 is 1.68. The van der Waals surface area contributed by atoms with Gasteiger partial charge in [0.15, 0.2) is 5.96 Å². The maximum absolute atomic E-state index is 10.7. The van der Waals surface area contributed by atoms with Crippen molar-refractivity contribution in [1.82, 2.24) is 20.4 Å². The molecule has 1 aromatic heterocycles. The highest BCUT2D eigenvalue weighted by Gasteiger charge is 2.24. The van der Waals surface area contributed by atoms with Crippen LogP contribution < -0.4 is 15.5 Å². The lowest BCUT2D eigenvalue weighted by atomic mass is 10.00. The molecule has 0 amide bonds. The Morgan fingerprint density at radius 2 is 2.07 bits per heavy atom. The first-order valence-electron chi connectivity index (χ1n) is 8.82. The normalized spacial score (nSPS) is 13.5. The van der Waals surface area contributed by atoms with Gasteiger partial charge in [-0.2, -0.15) is 5.10 Å². The second-order valence-corrected chi connectivity index (χ2v) is 6.79. The van der Waals surface area contributed by atoms with E-state index < -0.39 is 5.60 Å². The summed E-state index contributed by atoms with van der Waals surface area (Å²) in [6.45, 7) is 5.43. The highest BCUT2D eigenvalue weighted by Crippen LogP contribution is 2.18. The van der Waals surface area contributed by atoms with Gasteiger partial charge in [0.05, 0.1) is 19.3 Å². The molecule has 0 fully saturated rings. The molecule has 3 N–H and O–H groups in total. The summed E-state index contributed by atoms with van der Waals surface area (Å²) in [5.74, 6) is 0.673. The molecule has 2 aromatic rings. The first kappa shape index (κ1) is 23.2. The zero-order valence-corrected chi connectivity index (χ0v) is 19.1. The smallest absolute Gasteiger partial charge is 0.191 e. The first-order valence-corrected chi connectivity index (χ1v) is 8.82. The maximum atomic E-state index is 10.7. The minimum absolute atomic E-state index is 0. The van der Waals surface area contributed by atoms with Crippen molar-refractivity contribution in [3.8, 4) is 0 Å². The molecule has 0 saturated heterocycles. The van der Waals surface area contributed by atoms with E-state index in [1.807, 2.05) is 40.3 Å². The van der Waals surface area contributed by atoms with Gasteiger partial charge >= 0.3 is 0 Å². The van der Waals surface area contributed by atoms with Gasteiger partial charge in [-0.3, -0.25) is 4.68 Å². The van der Waals surface area contributed by atoms with Gasteiger partial charge in [0.1, 0.15) is 5.60 Å². The minimum atomic E-state index is -1.03. The van der Waals surface area contributed by atoms with Gasteiger partial charge in [-0.25, -0.2) is 4.99 Å². The van der Waals surface area contributed by atoms with Gasteiger partial charge in [0.25, 0.3) is 0 Å². The van der Waals surface area contributed by atoms with Crippen molar-refractivity contribution in [1.29, 1.82) is 0 Å². The molecule has 2 rings (SSSR count). The van der Waals surface area contributed by atoms with E-state index in [9.17, 15) is 5.11 Å². The van der Waals surface area contributed by atoms with E-state index in [-0.39, 0.29) is 24.0 Å². The fourth-order valence-corrected chi connectivity index (χ4v) is 2.50. The lowest BCUT2D eigenvalue weighted by Gasteiger charge is -2.23. The molecule has 0 radical (unpaired) electrons. The fraction of sp³-hybridized carbons (Fsp3) is 0.474. The van der Waals surface area contributed by atoms with Crippen molar-refractivity contribution >= 4 is 35.6 Å². The number of hydrogen-bond donors (Lipinski definition) is 3. The summed E-state index contributed by atoms with van der Waals surface area (Å²) in [5, 5.41) is 21.3. The van der Waals surface area contributed by atoms with Crippen molar-refractivity contribution < 1.29 is 5.11 Å². The maximum Gasteiger partial charge on any atom is 0.191 e. The predicted molar refractivity (Wildman–Crippen MR) is 122 cm³/mol. The van der Waals surface area contributed by atoms with E-state index in [1.54, 1.807) is 17.8 Å². The van der Waals surface area contributed by atoms with Crippen molar-refractivity contribution in [3.05, 3.63) is 47.8 Å². The second kappa shape index (κ2) is 10.5. The van der Waals surface area contributed by atoms with Gasteiger partial charge in [-0.1, -0.05) is 12.1 Å². The van der Waals surface area contributed by atoms with E-state index in [0.29, 0.717) is 19.0 Å². The van der Waals surface area contributed by atoms with Crippen LogP contribution in [0.1, 0.15) is 25.0 Å². The lowest BCUT2D eigenvalue weighted by molar-refractivity contribution is 0.0616. The van der Waals surface area contributed by atoms with Crippen LogP contribution in [-0.2, 0) is 19.2 Å². The van der Waals surface area contributed by atoms with Gasteiger partial charge in [-0.15, -0.1) is 24.0 Å². The molecule has 1 heterocycles. The molecule has 0 saturated carbocycles. The molecule has 1 unspecified atom stereocenters. The molecule has 0 spiro atoms. The van der Waals surface area contributed by atoms with E-state index in [2.05, 4.69) is 43.8 Å². The van der Waals surface area contributed by atoms with Gasteiger partial charge < -0.3 is 20.6 Å². The van der Waals surface area contributed by atoms with E-state index in [4.69, 9.17) is 0 Å². The molecule has 0 aliphatic carbocycles. The monoisotopic (exact) mass is 486 g/mol. The molecule has 0 bridgehead atoms. The third kappa shape index (κ3) is 7.02. The molecule has 27 heavy (non-hydrogen) atoms. The third-order valence-electron chi connectivity index (χ3n) is 4.12. The molecule has 8 heteroatoms. The van der Waals surface area contributed by atoms with Crippen LogP contribution in [0.3, 0.4) is 0 Å². The van der Waals surface area contributed by atoms with Crippen molar-refractivity contribution in [2.45, 2.75) is 26.0 Å². The minimum Gasteiger partial charge on any atom is -0.383 e. The number of rotatable bonds is 7. The van der Waals surface area contributed by atoms with Gasteiger partial charge in [0, 0.05) is 45.1 Å².